The van der Waals surface area contributed by atoms with Gasteiger partial charge in [-0.1, -0.05) is 17.7 Å². The van der Waals surface area contributed by atoms with E-state index in [1.54, 1.807) is 0 Å². The summed E-state index contributed by atoms with van der Waals surface area (Å²) in [7, 11) is 0. The zero-order chi connectivity index (χ0) is 12.0. The van der Waals surface area contributed by atoms with E-state index in [0.717, 1.165) is 5.75 Å². The maximum Gasteiger partial charge on any atom is 0.119 e. The molecular weight excluding hydrogens is 202 g/mol. The Morgan fingerprint density at radius 3 is 2.31 bits per heavy atom. The summed E-state index contributed by atoms with van der Waals surface area (Å²) < 4.78 is 10.9. The highest BCUT2D eigenvalue weighted by molar-refractivity contribution is 5.26. The monoisotopic (exact) mass is 223 g/mol. The third kappa shape index (κ3) is 5.73. The van der Waals surface area contributed by atoms with Crippen molar-refractivity contribution >= 4 is 0 Å². The van der Waals surface area contributed by atoms with Crippen molar-refractivity contribution in [3.8, 4) is 5.75 Å². The van der Waals surface area contributed by atoms with Crippen LogP contribution in [-0.4, -0.2) is 25.4 Å². The summed E-state index contributed by atoms with van der Waals surface area (Å²) in [4.78, 5) is 0. The lowest BCUT2D eigenvalue weighted by Gasteiger charge is -2.18. The van der Waals surface area contributed by atoms with E-state index in [-0.39, 0.29) is 5.54 Å². The summed E-state index contributed by atoms with van der Waals surface area (Å²) in [5, 5.41) is 0. The van der Waals surface area contributed by atoms with Crippen LogP contribution in [-0.2, 0) is 4.74 Å². The second-order valence-corrected chi connectivity index (χ2v) is 4.70. The molecule has 1 rings (SSSR count). The highest BCUT2D eigenvalue weighted by Gasteiger charge is 2.09. The van der Waals surface area contributed by atoms with Gasteiger partial charge in [0.05, 0.1) is 13.2 Å². The second-order valence-electron chi connectivity index (χ2n) is 4.70. The van der Waals surface area contributed by atoms with E-state index in [0.29, 0.717) is 19.8 Å². The molecule has 0 aliphatic heterocycles. The third-order valence-corrected chi connectivity index (χ3v) is 1.99. The number of aryl methyl sites for hydroxylation is 1. The molecule has 3 nitrogen and oxygen atoms in total. The standard InChI is InChI=1S/C13H21NO2/c1-11-4-6-12(7-5-11)16-9-8-15-10-13(2,3)14/h4-7H,8-10,14H2,1-3H3. The van der Waals surface area contributed by atoms with Crippen molar-refractivity contribution in [2.75, 3.05) is 19.8 Å². The Morgan fingerprint density at radius 2 is 1.75 bits per heavy atom. The van der Waals surface area contributed by atoms with Crippen molar-refractivity contribution in [3.05, 3.63) is 29.8 Å². The van der Waals surface area contributed by atoms with Crippen LogP contribution in [0.1, 0.15) is 19.4 Å². The van der Waals surface area contributed by atoms with E-state index in [2.05, 4.69) is 6.92 Å². The van der Waals surface area contributed by atoms with Gasteiger partial charge in [0.2, 0.25) is 0 Å². The molecule has 0 saturated carbocycles. The van der Waals surface area contributed by atoms with Crippen LogP contribution in [0.15, 0.2) is 24.3 Å². The first kappa shape index (κ1) is 13.0. The number of benzene rings is 1. The summed E-state index contributed by atoms with van der Waals surface area (Å²) >= 11 is 0. The van der Waals surface area contributed by atoms with Gasteiger partial charge in [-0.15, -0.1) is 0 Å². The minimum atomic E-state index is -0.274. The van der Waals surface area contributed by atoms with Gasteiger partial charge in [-0.3, -0.25) is 0 Å². The fourth-order valence-electron chi connectivity index (χ4n) is 1.19. The van der Waals surface area contributed by atoms with Crippen LogP contribution < -0.4 is 10.5 Å². The minimum absolute atomic E-state index is 0.274. The van der Waals surface area contributed by atoms with Crippen molar-refractivity contribution in [1.29, 1.82) is 0 Å². The van der Waals surface area contributed by atoms with Gasteiger partial charge in [0, 0.05) is 5.54 Å². The van der Waals surface area contributed by atoms with Crippen LogP contribution in [0.2, 0.25) is 0 Å². The molecule has 0 saturated heterocycles. The predicted octanol–water partition coefficient (Wildman–Crippen LogP) is 2.13. The molecule has 0 spiro atoms. The van der Waals surface area contributed by atoms with E-state index in [1.807, 2.05) is 38.1 Å². The maximum atomic E-state index is 5.78. The van der Waals surface area contributed by atoms with Gasteiger partial charge in [-0.2, -0.15) is 0 Å². The van der Waals surface area contributed by atoms with Crippen LogP contribution in [0.25, 0.3) is 0 Å². The minimum Gasteiger partial charge on any atom is -0.491 e. The van der Waals surface area contributed by atoms with Crippen LogP contribution in [0.3, 0.4) is 0 Å². The lowest BCUT2D eigenvalue weighted by atomic mass is 10.1. The summed E-state index contributed by atoms with van der Waals surface area (Å²) in [5.74, 6) is 0.876. The molecule has 0 atom stereocenters. The van der Waals surface area contributed by atoms with Crippen molar-refractivity contribution in [2.45, 2.75) is 26.3 Å². The highest BCUT2D eigenvalue weighted by atomic mass is 16.5. The lowest BCUT2D eigenvalue weighted by molar-refractivity contribution is 0.0724. The lowest BCUT2D eigenvalue weighted by Crippen LogP contribution is -2.37. The van der Waals surface area contributed by atoms with Crippen LogP contribution in [0.5, 0.6) is 5.75 Å². The van der Waals surface area contributed by atoms with Crippen molar-refractivity contribution < 1.29 is 9.47 Å². The Balaban J connectivity index is 2.14. The molecule has 0 amide bonds. The number of hydrogen-bond donors (Lipinski definition) is 1. The Morgan fingerprint density at radius 1 is 1.12 bits per heavy atom. The van der Waals surface area contributed by atoms with Gasteiger partial charge in [0.25, 0.3) is 0 Å². The van der Waals surface area contributed by atoms with Gasteiger partial charge >= 0.3 is 0 Å². The molecule has 3 heteroatoms. The quantitative estimate of drug-likeness (QED) is 0.751. The van der Waals surface area contributed by atoms with Gasteiger partial charge in [0.15, 0.2) is 0 Å². The van der Waals surface area contributed by atoms with Crippen LogP contribution >= 0.6 is 0 Å². The second kappa shape index (κ2) is 5.87. The number of ether oxygens (including phenoxy) is 2. The van der Waals surface area contributed by atoms with E-state index < -0.39 is 0 Å². The fourth-order valence-corrected chi connectivity index (χ4v) is 1.19. The van der Waals surface area contributed by atoms with Crippen LogP contribution in [0.4, 0.5) is 0 Å². The molecule has 16 heavy (non-hydrogen) atoms. The average Bonchev–Trinajstić information content (AvgIpc) is 2.19. The molecule has 0 unspecified atom stereocenters. The van der Waals surface area contributed by atoms with Gasteiger partial charge < -0.3 is 15.2 Å². The molecular formula is C13H21NO2. The molecule has 2 N–H and O–H groups in total. The van der Waals surface area contributed by atoms with Gasteiger partial charge in [-0.05, 0) is 32.9 Å². The molecule has 90 valence electrons. The molecule has 1 aromatic rings. The zero-order valence-corrected chi connectivity index (χ0v) is 10.3. The molecule has 0 fully saturated rings. The Bertz CT molecular complexity index is 301. The molecule has 0 radical (unpaired) electrons. The molecule has 0 aliphatic rings. The predicted molar refractivity (Wildman–Crippen MR) is 65.8 cm³/mol. The summed E-state index contributed by atoms with van der Waals surface area (Å²) in [6.45, 7) is 7.59. The molecule has 1 aromatic carbocycles. The summed E-state index contributed by atoms with van der Waals surface area (Å²) in [6.07, 6.45) is 0. The Hall–Kier alpha value is -1.06. The first-order chi connectivity index (χ1) is 7.47. The molecule has 0 bridgehead atoms. The first-order valence-corrected chi connectivity index (χ1v) is 5.53. The van der Waals surface area contributed by atoms with E-state index >= 15 is 0 Å². The Kier molecular flexibility index (Phi) is 4.77. The smallest absolute Gasteiger partial charge is 0.119 e. The summed E-state index contributed by atoms with van der Waals surface area (Å²) in [6, 6.07) is 7.97. The topological polar surface area (TPSA) is 44.5 Å². The van der Waals surface area contributed by atoms with E-state index in [4.69, 9.17) is 15.2 Å². The van der Waals surface area contributed by atoms with Gasteiger partial charge in [0.1, 0.15) is 12.4 Å². The average molecular weight is 223 g/mol. The maximum absolute atomic E-state index is 5.78. The number of rotatable bonds is 6. The normalized spacial score (nSPS) is 11.5. The van der Waals surface area contributed by atoms with Crippen molar-refractivity contribution in [1.82, 2.24) is 0 Å². The van der Waals surface area contributed by atoms with Gasteiger partial charge in [-0.25, -0.2) is 0 Å². The number of hydrogen-bond acceptors (Lipinski definition) is 3. The highest BCUT2D eigenvalue weighted by Crippen LogP contribution is 2.10. The zero-order valence-electron chi connectivity index (χ0n) is 10.3. The number of nitrogens with two attached hydrogens (primary N) is 1. The fraction of sp³-hybridized carbons (Fsp3) is 0.538. The van der Waals surface area contributed by atoms with Crippen molar-refractivity contribution in [3.63, 3.8) is 0 Å². The first-order valence-electron chi connectivity index (χ1n) is 5.53. The SMILES string of the molecule is Cc1ccc(OCCOCC(C)(C)N)cc1. The van der Waals surface area contributed by atoms with E-state index in [9.17, 15) is 0 Å². The largest absolute Gasteiger partial charge is 0.491 e. The van der Waals surface area contributed by atoms with E-state index in [1.165, 1.54) is 5.56 Å². The molecule has 0 aromatic heterocycles. The third-order valence-electron chi connectivity index (χ3n) is 1.99. The molecule has 0 heterocycles. The van der Waals surface area contributed by atoms with Crippen molar-refractivity contribution in [2.24, 2.45) is 5.73 Å². The molecule has 0 aliphatic carbocycles. The van der Waals surface area contributed by atoms with Crippen LogP contribution in [0, 0.1) is 6.92 Å². The summed E-state index contributed by atoms with van der Waals surface area (Å²) in [5.41, 5.74) is 6.74. The Labute approximate surface area is 97.6 Å².